The van der Waals surface area contributed by atoms with Crippen molar-refractivity contribution in [2.45, 2.75) is 83.2 Å². The summed E-state index contributed by atoms with van der Waals surface area (Å²) in [6.07, 6.45) is 6.32. The molecular formula is C34H34F8O. The highest BCUT2D eigenvalue weighted by Crippen LogP contribution is 2.45. The van der Waals surface area contributed by atoms with E-state index in [1.807, 2.05) is 0 Å². The number of alkyl halides is 2. The second kappa shape index (κ2) is 12.9. The predicted molar refractivity (Wildman–Crippen MR) is 148 cm³/mol. The van der Waals surface area contributed by atoms with Gasteiger partial charge < -0.3 is 4.74 Å². The molecule has 0 aromatic heterocycles. The van der Waals surface area contributed by atoms with Crippen LogP contribution in [0.3, 0.4) is 0 Å². The zero-order valence-electron chi connectivity index (χ0n) is 23.9. The molecule has 0 amide bonds. The molecule has 0 spiro atoms. The zero-order chi connectivity index (χ0) is 30.9. The van der Waals surface area contributed by atoms with E-state index < -0.39 is 57.9 Å². The first kappa shape index (κ1) is 31.3. The van der Waals surface area contributed by atoms with Crippen LogP contribution in [0.4, 0.5) is 35.1 Å². The first-order valence-electron chi connectivity index (χ1n) is 15.0. The summed E-state index contributed by atoms with van der Waals surface area (Å²) in [5.41, 5.74) is -2.07. The summed E-state index contributed by atoms with van der Waals surface area (Å²) in [4.78, 5) is 0. The molecule has 0 radical (unpaired) electrons. The molecule has 0 aliphatic heterocycles. The quantitative estimate of drug-likeness (QED) is 0.182. The van der Waals surface area contributed by atoms with Crippen molar-refractivity contribution in [2.24, 2.45) is 17.8 Å². The van der Waals surface area contributed by atoms with E-state index in [1.54, 1.807) is 0 Å². The third kappa shape index (κ3) is 6.86. The van der Waals surface area contributed by atoms with Crippen molar-refractivity contribution in [2.75, 3.05) is 0 Å². The molecular weight excluding hydrogens is 576 g/mol. The zero-order valence-corrected chi connectivity index (χ0v) is 23.9. The van der Waals surface area contributed by atoms with Crippen LogP contribution in [-0.4, -0.2) is 0 Å². The van der Waals surface area contributed by atoms with E-state index in [-0.39, 0.29) is 11.5 Å². The minimum Gasteiger partial charge on any atom is -0.429 e. The van der Waals surface area contributed by atoms with E-state index >= 15 is 17.6 Å². The normalized spacial score (nSPS) is 22.9. The van der Waals surface area contributed by atoms with Gasteiger partial charge in [-0.1, -0.05) is 32.6 Å². The molecule has 9 heteroatoms. The van der Waals surface area contributed by atoms with Crippen LogP contribution in [0.25, 0.3) is 11.1 Å². The van der Waals surface area contributed by atoms with Crippen LogP contribution in [0, 0.1) is 52.7 Å². The Morgan fingerprint density at radius 1 is 0.674 bits per heavy atom. The fourth-order valence-corrected chi connectivity index (χ4v) is 7.09. The Balaban J connectivity index is 1.25. The summed E-state index contributed by atoms with van der Waals surface area (Å²) < 4.78 is 120. The molecule has 0 unspecified atom stereocenters. The van der Waals surface area contributed by atoms with Crippen molar-refractivity contribution in [3.63, 3.8) is 0 Å². The molecule has 2 fully saturated rings. The summed E-state index contributed by atoms with van der Waals surface area (Å²) in [5.74, 6) is -7.86. The fourth-order valence-electron chi connectivity index (χ4n) is 7.09. The minimum atomic E-state index is -4.50. The van der Waals surface area contributed by atoms with Gasteiger partial charge in [-0.05, 0) is 110 Å². The molecule has 1 nitrogen and oxygen atoms in total. The van der Waals surface area contributed by atoms with E-state index in [0.29, 0.717) is 35.6 Å². The van der Waals surface area contributed by atoms with Gasteiger partial charge in [0.25, 0.3) is 0 Å². The highest BCUT2D eigenvalue weighted by molar-refractivity contribution is 5.65. The average Bonchev–Trinajstić information content (AvgIpc) is 2.95. The summed E-state index contributed by atoms with van der Waals surface area (Å²) in [6, 6.07) is 5.17. The smallest absolute Gasteiger partial charge is 0.429 e. The Labute approximate surface area is 246 Å². The number of halogens is 8. The lowest BCUT2D eigenvalue weighted by molar-refractivity contribution is -0.189. The maximum atomic E-state index is 15.0. The third-order valence-corrected chi connectivity index (χ3v) is 9.34. The van der Waals surface area contributed by atoms with Gasteiger partial charge in [0, 0.05) is 11.6 Å². The van der Waals surface area contributed by atoms with Crippen molar-refractivity contribution in [1.82, 2.24) is 0 Å². The van der Waals surface area contributed by atoms with Crippen LogP contribution >= 0.6 is 0 Å². The highest BCUT2D eigenvalue weighted by atomic mass is 19.3. The third-order valence-electron chi connectivity index (χ3n) is 9.34. The lowest BCUT2D eigenvalue weighted by Gasteiger charge is -2.38. The minimum absolute atomic E-state index is 0.136. The topological polar surface area (TPSA) is 9.23 Å². The molecule has 3 aromatic rings. The molecule has 2 aliphatic rings. The van der Waals surface area contributed by atoms with Crippen molar-refractivity contribution in [1.29, 1.82) is 0 Å². The number of rotatable bonds is 8. The highest BCUT2D eigenvalue weighted by Gasteiger charge is 2.42. The molecule has 0 bridgehead atoms. The number of ether oxygens (including phenoxy) is 1. The lowest BCUT2D eigenvalue weighted by Crippen LogP contribution is -2.27. The van der Waals surface area contributed by atoms with Crippen molar-refractivity contribution < 1.29 is 39.9 Å². The van der Waals surface area contributed by atoms with Gasteiger partial charge in [0.05, 0.1) is 0 Å². The van der Waals surface area contributed by atoms with E-state index in [1.165, 1.54) is 38.5 Å². The molecule has 43 heavy (non-hydrogen) atoms. The van der Waals surface area contributed by atoms with Gasteiger partial charge in [-0.3, -0.25) is 0 Å². The Morgan fingerprint density at radius 2 is 1.23 bits per heavy atom. The van der Waals surface area contributed by atoms with Gasteiger partial charge in [-0.2, -0.15) is 8.78 Å². The molecule has 232 valence electrons. The van der Waals surface area contributed by atoms with Gasteiger partial charge in [0.1, 0.15) is 28.8 Å². The van der Waals surface area contributed by atoms with E-state index in [9.17, 15) is 17.6 Å². The summed E-state index contributed by atoms with van der Waals surface area (Å²) in [6.45, 7) is 2.22. The Morgan fingerprint density at radius 3 is 1.77 bits per heavy atom. The first-order chi connectivity index (χ1) is 20.5. The van der Waals surface area contributed by atoms with Crippen LogP contribution in [0.5, 0.6) is 5.75 Å². The lowest BCUT2D eigenvalue weighted by atomic mass is 9.68. The number of hydrogen-bond acceptors (Lipinski definition) is 1. The standard InChI is InChI=1S/C34H34F8O/c1-2-3-19-4-6-20(7-5-19)21-8-10-22(11-9-21)23-14-28(36)32(29(37)15-23)34(41,42)43-25-12-13-26(27(35)18-25)24-16-30(38)33(40)31(39)17-24/h12-22H,2-11H2,1H3. The largest absolute Gasteiger partial charge is 0.432 e. The van der Waals surface area contributed by atoms with Crippen LogP contribution in [-0.2, 0) is 6.11 Å². The monoisotopic (exact) mass is 610 g/mol. The molecule has 0 saturated heterocycles. The van der Waals surface area contributed by atoms with Gasteiger partial charge in [0.2, 0.25) is 0 Å². The van der Waals surface area contributed by atoms with Crippen molar-refractivity contribution >= 4 is 0 Å². The Bertz CT molecular complexity index is 1390. The second-order valence-corrected chi connectivity index (χ2v) is 12.1. The molecule has 3 aromatic carbocycles. The molecule has 0 atom stereocenters. The van der Waals surface area contributed by atoms with Gasteiger partial charge in [-0.15, -0.1) is 0 Å². The molecule has 5 rings (SSSR count). The number of benzene rings is 3. The van der Waals surface area contributed by atoms with E-state index in [0.717, 1.165) is 55.9 Å². The molecule has 2 saturated carbocycles. The molecule has 0 heterocycles. The van der Waals surface area contributed by atoms with Crippen molar-refractivity contribution in [3.05, 3.63) is 88.5 Å². The summed E-state index contributed by atoms with van der Waals surface area (Å²) in [7, 11) is 0. The average molecular weight is 611 g/mol. The van der Waals surface area contributed by atoms with Crippen LogP contribution in [0.2, 0.25) is 0 Å². The SMILES string of the molecule is CCCC1CCC(C2CCC(c3cc(F)c(C(F)(F)Oc4ccc(-c5cc(F)c(F)c(F)c5)c(F)c4)c(F)c3)CC2)CC1. The fraction of sp³-hybridized carbons (Fsp3) is 0.471. The van der Waals surface area contributed by atoms with E-state index in [4.69, 9.17) is 0 Å². The molecule has 0 N–H and O–H groups in total. The summed E-state index contributed by atoms with van der Waals surface area (Å²) >= 11 is 0. The number of hydrogen-bond donors (Lipinski definition) is 0. The van der Waals surface area contributed by atoms with Crippen LogP contribution in [0.15, 0.2) is 42.5 Å². The van der Waals surface area contributed by atoms with Crippen LogP contribution < -0.4 is 4.74 Å². The summed E-state index contributed by atoms with van der Waals surface area (Å²) in [5, 5.41) is 0. The van der Waals surface area contributed by atoms with Gasteiger partial charge in [-0.25, -0.2) is 26.3 Å². The predicted octanol–water partition coefficient (Wildman–Crippen LogP) is 11.2. The first-order valence-corrected chi connectivity index (χ1v) is 15.0. The maximum absolute atomic E-state index is 15.0. The Hall–Kier alpha value is -3.10. The second-order valence-electron chi connectivity index (χ2n) is 12.1. The van der Waals surface area contributed by atoms with Gasteiger partial charge >= 0.3 is 6.11 Å². The van der Waals surface area contributed by atoms with E-state index in [2.05, 4.69) is 11.7 Å². The van der Waals surface area contributed by atoms with Crippen LogP contribution in [0.1, 0.15) is 88.2 Å². The van der Waals surface area contributed by atoms with Gasteiger partial charge in [0.15, 0.2) is 17.5 Å². The Kier molecular flexibility index (Phi) is 9.37. The molecule has 2 aliphatic carbocycles. The maximum Gasteiger partial charge on any atom is 0.432 e. The van der Waals surface area contributed by atoms with Crippen molar-refractivity contribution in [3.8, 4) is 16.9 Å².